The second kappa shape index (κ2) is 5.46. The molecule has 0 fully saturated rings. The fourth-order valence-corrected chi connectivity index (χ4v) is 1.52. The van der Waals surface area contributed by atoms with Crippen molar-refractivity contribution in [1.29, 1.82) is 0 Å². The first-order valence-corrected chi connectivity index (χ1v) is 5.46. The van der Waals surface area contributed by atoms with E-state index in [1.165, 1.54) is 12.1 Å². The van der Waals surface area contributed by atoms with Crippen LogP contribution in [0.3, 0.4) is 0 Å². The summed E-state index contributed by atoms with van der Waals surface area (Å²) in [6, 6.07) is 8.03. The van der Waals surface area contributed by atoms with Crippen LogP contribution >= 0.6 is 0 Å². The van der Waals surface area contributed by atoms with Crippen LogP contribution in [0.25, 0.3) is 11.1 Å². The Balaban J connectivity index is 2.29. The monoisotopic (exact) mass is 248 g/mol. The van der Waals surface area contributed by atoms with Crippen LogP contribution in [0.15, 0.2) is 36.5 Å². The smallest absolute Gasteiger partial charge is 0.213 e. The third kappa shape index (κ3) is 2.75. The molecule has 3 N–H and O–H groups in total. The van der Waals surface area contributed by atoms with E-state index in [4.69, 9.17) is 15.6 Å². The van der Waals surface area contributed by atoms with Crippen LogP contribution in [0.4, 0.5) is 10.1 Å². The number of hydrogen-bond donors (Lipinski definition) is 2. The molecule has 94 valence electrons. The van der Waals surface area contributed by atoms with Gasteiger partial charge in [0.2, 0.25) is 5.88 Å². The van der Waals surface area contributed by atoms with E-state index in [0.29, 0.717) is 11.4 Å². The molecule has 18 heavy (non-hydrogen) atoms. The lowest BCUT2D eigenvalue weighted by molar-refractivity contribution is 0.197. The molecule has 0 atom stereocenters. The van der Waals surface area contributed by atoms with Gasteiger partial charge in [0.15, 0.2) is 0 Å². The number of ether oxygens (including phenoxy) is 1. The third-order valence-electron chi connectivity index (χ3n) is 2.41. The Bertz CT molecular complexity index is 546. The van der Waals surface area contributed by atoms with Gasteiger partial charge in [-0.25, -0.2) is 9.37 Å². The molecule has 2 rings (SSSR count). The van der Waals surface area contributed by atoms with E-state index in [0.717, 1.165) is 5.56 Å². The maximum atomic E-state index is 13.4. The largest absolute Gasteiger partial charge is 0.475 e. The first kappa shape index (κ1) is 12.3. The van der Waals surface area contributed by atoms with E-state index >= 15 is 0 Å². The zero-order chi connectivity index (χ0) is 13.0. The highest BCUT2D eigenvalue weighted by Gasteiger charge is 2.04. The lowest BCUT2D eigenvalue weighted by Gasteiger charge is -2.06. The van der Waals surface area contributed by atoms with Crippen molar-refractivity contribution in [3.05, 3.63) is 42.3 Å². The van der Waals surface area contributed by atoms with Crippen LogP contribution in [0.1, 0.15) is 0 Å². The van der Waals surface area contributed by atoms with Gasteiger partial charge in [0, 0.05) is 12.3 Å². The number of rotatable bonds is 4. The van der Waals surface area contributed by atoms with Crippen LogP contribution in [0, 0.1) is 5.82 Å². The van der Waals surface area contributed by atoms with E-state index in [-0.39, 0.29) is 18.9 Å². The number of pyridine rings is 1. The number of benzene rings is 1. The highest BCUT2D eigenvalue weighted by molar-refractivity contribution is 5.66. The van der Waals surface area contributed by atoms with Gasteiger partial charge >= 0.3 is 0 Å². The molecule has 0 aliphatic heterocycles. The van der Waals surface area contributed by atoms with Gasteiger partial charge in [0.25, 0.3) is 0 Å². The van der Waals surface area contributed by atoms with E-state index in [9.17, 15) is 4.39 Å². The quantitative estimate of drug-likeness (QED) is 0.810. The van der Waals surface area contributed by atoms with Crippen molar-refractivity contribution >= 4 is 5.69 Å². The molecule has 4 nitrogen and oxygen atoms in total. The number of nitrogen functional groups attached to an aromatic ring is 1. The van der Waals surface area contributed by atoms with Gasteiger partial charge in [0.1, 0.15) is 12.4 Å². The van der Waals surface area contributed by atoms with Gasteiger partial charge in [-0.1, -0.05) is 6.07 Å². The number of aliphatic hydroxyl groups is 1. The van der Waals surface area contributed by atoms with Crippen LogP contribution in [0.2, 0.25) is 0 Å². The Morgan fingerprint density at radius 2 is 2.00 bits per heavy atom. The second-order valence-electron chi connectivity index (χ2n) is 3.69. The minimum atomic E-state index is -0.456. The molecule has 1 aromatic carbocycles. The number of hydrogen-bond acceptors (Lipinski definition) is 4. The molecule has 0 radical (unpaired) electrons. The van der Waals surface area contributed by atoms with Crippen molar-refractivity contribution in [3.8, 4) is 17.0 Å². The predicted molar refractivity (Wildman–Crippen MR) is 66.6 cm³/mol. The molecule has 5 heteroatoms. The summed E-state index contributed by atoms with van der Waals surface area (Å²) in [7, 11) is 0. The summed E-state index contributed by atoms with van der Waals surface area (Å²) in [5, 5.41) is 8.66. The molecule has 1 heterocycles. The van der Waals surface area contributed by atoms with Crippen molar-refractivity contribution in [1.82, 2.24) is 4.98 Å². The number of nitrogens with two attached hydrogens (primary N) is 1. The van der Waals surface area contributed by atoms with Gasteiger partial charge in [0.05, 0.1) is 12.3 Å². The number of nitrogens with zero attached hydrogens (tertiary/aromatic N) is 1. The molecule has 0 saturated heterocycles. The van der Waals surface area contributed by atoms with Crippen molar-refractivity contribution in [2.45, 2.75) is 0 Å². The minimum Gasteiger partial charge on any atom is -0.475 e. The van der Waals surface area contributed by atoms with Crippen LogP contribution in [-0.4, -0.2) is 23.3 Å². The first-order chi connectivity index (χ1) is 8.70. The van der Waals surface area contributed by atoms with Gasteiger partial charge in [-0.3, -0.25) is 0 Å². The zero-order valence-electron chi connectivity index (χ0n) is 9.64. The Labute approximate surface area is 104 Å². The molecule has 0 aliphatic carbocycles. The van der Waals surface area contributed by atoms with Gasteiger partial charge in [-0.2, -0.15) is 0 Å². The molecule has 1 aromatic heterocycles. The number of anilines is 1. The zero-order valence-corrected chi connectivity index (χ0v) is 9.64. The molecular formula is C13H13FN2O2. The Hall–Kier alpha value is -2.14. The first-order valence-electron chi connectivity index (χ1n) is 5.46. The van der Waals surface area contributed by atoms with Crippen LogP contribution in [0.5, 0.6) is 5.88 Å². The molecule has 0 saturated carbocycles. The van der Waals surface area contributed by atoms with E-state index in [1.807, 2.05) is 0 Å². The highest BCUT2D eigenvalue weighted by Crippen LogP contribution is 2.24. The summed E-state index contributed by atoms with van der Waals surface area (Å²) < 4.78 is 18.6. The van der Waals surface area contributed by atoms with Crippen molar-refractivity contribution in [2.24, 2.45) is 0 Å². The molecule has 0 aliphatic rings. The molecule has 0 unspecified atom stereocenters. The standard InChI is InChI=1S/C13H13FN2O2/c14-11-7-9(1-2-12(11)15)10-3-4-16-13(8-10)18-6-5-17/h1-4,7-8,17H,5-6,15H2. The third-order valence-corrected chi connectivity index (χ3v) is 2.41. The van der Waals surface area contributed by atoms with E-state index in [2.05, 4.69) is 4.98 Å². The lowest BCUT2D eigenvalue weighted by Crippen LogP contribution is -2.02. The van der Waals surface area contributed by atoms with Crippen molar-refractivity contribution in [3.63, 3.8) is 0 Å². The minimum absolute atomic E-state index is 0.0809. The van der Waals surface area contributed by atoms with E-state index < -0.39 is 5.82 Å². The Morgan fingerprint density at radius 1 is 1.22 bits per heavy atom. The van der Waals surface area contributed by atoms with Gasteiger partial charge < -0.3 is 15.6 Å². The lowest BCUT2D eigenvalue weighted by atomic mass is 10.1. The molecule has 0 amide bonds. The fraction of sp³-hybridized carbons (Fsp3) is 0.154. The normalized spacial score (nSPS) is 10.3. The summed E-state index contributed by atoms with van der Waals surface area (Å²) in [5.74, 6) is -0.0686. The number of aromatic nitrogens is 1. The van der Waals surface area contributed by atoms with Crippen LogP contribution < -0.4 is 10.5 Å². The second-order valence-corrected chi connectivity index (χ2v) is 3.69. The molecule has 0 spiro atoms. The summed E-state index contributed by atoms with van der Waals surface area (Å²) in [6.45, 7) is 0.0922. The average Bonchev–Trinajstić information content (AvgIpc) is 2.40. The van der Waals surface area contributed by atoms with Gasteiger partial charge in [-0.05, 0) is 29.3 Å². The SMILES string of the molecule is Nc1ccc(-c2ccnc(OCCO)c2)cc1F. The number of halogens is 1. The van der Waals surface area contributed by atoms with Crippen LogP contribution in [-0.2, 0) is 0 Å². The summed E-state index contributed by atoms with van der Waals surface area (Å²) in [4.78, 5) is 3.99. The van der Waals surface area contributed by atoms with Gasteiger partial charge in [-0.15, -0.1) is 0 Å². The maximum Gasteiger partial charge on any atom is 0.213 e. The Kier molecular flexibility index (Phi) is 3.74. The molecular weight excluding hydrogens is 235 g/mol. The predicted octanol–water partition coefficient (Wildman–Crippen LogP) is 1.84. The highest BCUT2D eigenvalue weighted by atomic mass is 19.1. The topological polar surface area (TPSA) is 68.4 Å². The Morgan fingerprint density at radius 3 is 2.72 bits per heavy atom. The summed E-state index contributed by atoms with van der Waals surface area (Å²) in [6.07, 6.45) is 1.57. The summed E-state index contributed by atoms with van der Waals surface area (Å²) in [5.41, 5.74) is 7.01. The van der Waals surface area contributed by atoms with E-state index in [1.54, 1.807) is 24.4 Å². The average molecular weight is 248 g/mol. The number of aliphatic hydroxyl groups excluding tert-OH is 1. The van der Waals surface area contributed by atoms with Crippen molar-refractivity contribution in [2.75, 3.05) is 18.9 Å². The molecule has 2 aromatic rings. The summed E-state index contributed by atoms with van der Waals surface area (Å²) >= 11 is 0. The van der Waals surface area contributed by atoms with Crippen molar-refractivity contribution < 1.29 is 14.2 Å². The maximum absolute atomic E-state index is 13.4. The fourth-order valence-electron chi connectivity index (χ4n) is 1.52. The molecule has 0 bridgehead atoms.